The molecule has 124 valence electrons. The highest BCUT2D eigenvalue weighted by Gasteiger charge is 2.41. The van der Waals surface area contributed by atoms with Crippen LogP contribution in [0.15, 0.2) is 48.5 Å². The number of nitro groups is 1. The van der Waals surface area contributed by atoms with Crippen molar-refractivity contribution in [3.63, 3.8) is 0 Å². The summed E-state index contributed by atoms with van der Waals surface area (Å²) in [5, 5.41) is 14.2. The molecule has 0 spiro atoms. The molecule has 3 unspecified atom stereocenters. The van der Waals surface area contributed by atoms with E-state index in [1.54, 1.807) is 19.1 Å². The van der Waals surface area contributed by atoms with Crippen LogP contribution in [0.3, 0.4) is 0 Å². The van der Waals surface area contributed by atoms with Crippen molar-refractivity contribution in [2.24, 2.45) is 11.8 Å². The smallest absolute Gasteiger partial charge is 0.273 e. The van der Waals surface area contributed by atoms with E-state index in [-0.39, 0.29) is 17.6 Å². The lowest BCUT2D eigenvalue weighted by molar-refractivity contribution is -0.385. The third kappa shape index (κ3) is 3.15. The van der Waals surface area contributed by atoms with E-state index in [2.05, 4.69) is 12.2 Å². The fraction of sp³-hybridized carbons (Fsp3) is 0.316. The number of amides is 1. The molecular weight excluding hydrogens is 304 g/mol. The summed E-state index contributed by atoms with van der Waals surface area (Å²) in [5.41, 5.74) is 1.80. The summed E-state index contributed by atoms with van der Waals surface area (Å²) in [6.07, 6.45) is 1.08. The van der Waals surface area contributed by atoms with Crippen LogP contribution in [0.1, 0.15) is 40.9 Å². The van der Waals surface area contributed by atoms with Crippen LogP contribution >= 0.6 is 0 Å². The van der Waals surface area contributed by atoms with Gasteiger partial charge in [0.15, 0.2) is 0 Å². The van der Waals surface area contributed by atoms with E-state index < -0.39 is 4.92 Å². The van der Waals surface area contributed by atoms with Crippen molar-refractivity contribution in [3.8, 4) is 0 Å². The van der Waals surface area contributed by atoms with E-state index in [9.17, 15) is 14.9 Å². The van der Waals surface area contributed by atoms with Crippen LogP contribution in [-0.2, 0) is 0 Å². The zero-order valence-electron chi connectivity index (χ0n) is 13.7. The van der Waals surface area contributed by atoms with Crippen LogP contribution in [0.5, 0.6) is 0 Å². The zero-order chi connectivity index (χ0) is 17.3. The Hall–Kier alpha value is -2.69. The van der Waals surface area contributed by atoms with E-state index >= 15 is 0 Å². The van der Waals surface area contributed by atoms with Crippen LogP contribution in [0.2, 0.25) is 0 Å². The summed E-state index contributed by atoms with van der Waals surface area (Å²) >= 11 is 0. The van der Waals surface area contributed by atoms with Gasteiger partial charge in [0.2, 0.25) is 0 Å². The first-order chi connectivity index (χ1) is 11.5. The van der Waals surface area contributed by atoms with Gasteiger partial charge in [-0.25, -0.2) is 0 Å². The summed E-state index contributed by atoms with van der Waals surface area (Å²) in [7, 11) is 0. The van der Waals surface area contributed by atoms with Gasteiger partial charge in [0, 0.05) is 17.2 Å². The molecule has 1 fully saturated rings. The van der Waals surface area contributed by atoms with Gasteiger partial charge in [-0.15, -0.1) is 0 Å². The largest absolute Gasteiger partial charge is 0.345 e. The van der Waals surface area contributed by atoms with E-state index in [0.29, 0.717) is 23.0 Å². The number of nitrogens with one attached hydrogen (secondary N) is 1. The monoisotopic (exact) mass is 324 g/mol. The van der Waals surface area contributed by atoms with E-state index in [1.165, 1.54) is 6.07 Å². The number of nitro benzene ring substituents is 1. The van der Waals surface area contributed by atoms with Crippen molar-refractivity contribution < 1.29 is 9.72 Å². The molecule has 1 aliphatic carbocycles. The predicted octanol–water partition coefficient (Wildman–Crippen LogP) is 4.03. The van der Waals surface area contributed by atoms with Gasteiger partial charge >= 0.3 is 0 Å². The van der Waals surface area contributed by atoms with Crippen LogP contribution in [-0.4, -0.2) is 10.8 Å². The molecule has 0 saturated heterocycles. The Morgan fingerprint density at radius 2 is 1.88 bits per heavy atom. The molecule has 24 heavy (non-hydrogen) atoms. The van der Waals surface area contributed by atoms with Gasteiger partial charge in [-0.3, -0.25) is 14.9 Å². The molecule has 5 heteroatoms. The first-order valence-electron chi connectivity index (χ1n) is 8.09. The number of nitrogens with zero attached hydrogens (tertiary/aromatic N) is 1. The number of carbonyl (C=O) groups is 1. The van der Waals surface area contributed by atoms with E-state index in [0.717, 1.165) is 12.0 Å². The summed E-state index contributed by atoms with van der Waals surface area (Å²) in [4.78, 5) is 23.3. The fourth-order valence-electron chi connectivity index (χ4n) is 3.20. The minimum atomic E-state index is -0.455. The zero-order valence-corrected chi connectivity index (χ0v) is 13.7. The quantitative estimate of drug-likeness (QED) is 0.666. The maximum atomic E-state index is 12.7. The highest BCUT2D eigenvalue weighted by molar-refractivity contribution is 5.96. The lowest BCUT2D eigenvalue weighted by Crippen LogP contribution is -2.30. The van der Waals surface area contributed by atoms with Crippen molar-refractivity contribution in [2.75, 3.05) is 0 Å². The van der Waals surface area contributed by atoms with Gasteiger partial charge in [-0.05, 0) is 36.8 Å². The molecule has 3 rings (SSSR count). The molecule has 1 saturated carbocycles. The van der Waals surface area contributed by atoms with Gasteiger partial charge in [0.1, 0.15) is 0 Å². The van der Waals surface area contributed by atoms with E-state index in [1.807, 2.05) is 30.3 Å². The highest BCUT2D eigenvalue weighted by Crippen LogP contribution is 2.47. The van der Waals surface area contributed by atoms with Gasteiger partial charge < -0.3 is 5.32 Å². The molecular formula is C19H20N2O3. The molecule has 1 amide bonds. The first-order valence-corrected chi connectivity index (χ1v) is 8.09. The standard InChI is InChI=1S/C19H20N2O3/c1-12-11-16(12)18(14-7-4-3-5-8-14)20-19(22)15-9-6-10-17(13(15)2)21(23)24/h3-10,12,16,18H,11H2,1-2H3,(H,20,22). The highest BCUT2D eigenvalue weighted by atomic mass is 16.6. The second kappa shape index (κ2) is 6.43. The lowest BCUT2D eigenvalue weighted by atomic mass is 9.99. The number of benzene rings is 2. The third-order valence-corrected chi connectivity index (χ3v) is 4.79. The van der Waals surface area contributed by atoms with Crippen molar-refractivity contribution in [1.82, 2.24) is 5.32 Å². The van der Waals surface area contributed by atoms with Gasteiger partial charge in [-0.1, -0.05) is 43.3 Å². The topological polar surface area (TPSA) is 72.2 Å². The predicted molar refractivity (Wildman–Crippen MR) is 91.8 cm³/mol. The van der Waals surface area contributed by atoms with Crippen molar-refractivity contribution >= 4 is 11.6 Å². The van der Waals surface area contributed by atoms with Crippen molar-refractivity contribution in [1.29, 1.82) is 0 Å². The summed E-state index contributed by atoms with van der Waals surface area (Å²) in [6, 6.07) is 14.4. The molecule has 2 aromatic rings. The Morgan fingerprint density at radius 1 is 1.21 bits per heavy atom. The molecule has 0 radical (unpaired) electrons. The maximum Gasteiger partial charge on any atom is 0.273 e. The lowest BCUT2D eigenvalue weighted by Gasteiger charge is -2.20. The molecule has 1 aliphatic rings. The van der Waals surface area contributed by atoms with Gasteiger partial charge in [-0.2, -0.15) is 0 Å². The molecule has 0 bridgehead atoms. The average Bonchev–Trinajstić information content (AvgIpc) is 3.29. The molecule has 0 aromatic heterocycles. The van der Waals surface area contributed by atoms with Crippen molar-refractivity contribution in [2.45, 2.75) is 26.3 Å². The number of rotatable bonds is 5. The first kappa shape index (κ1) is 16.2. The third-order valence-electron chi connectivity index (χ3n) is 4.79. The average molecular weight is 324 g/mol. The number of hydrogen-bond acceptors (Lipinski definition) is 3. The Kier molecular flexibility index (Phi) is 4.34. The molecule has 3 atom stereocenters. The number of carbonyl (C=O) groups excluding carboxylic acids is 1. The van der Waals surface area contributed by atoms with Gasteiger partial charge in [0.25, 0.3) is 11.6 Å². The summed E-state index contributed by atoms with van der Waals surface area (Å²) in [6.45, 7) is 3.79. The summed E-state index contributed by atoms with van der Waals surface area (Å²) < 4.78 is 0. The van der Waals surface area contributed by atoms with Crippen LogP contribution < -0.4 is 5.32 Å². The normalized spacial score (nSPS) is 20.2. The van der Waals surface area contributed by atoms with Crippen LogP contribution in [0.4, 0.5) is 5.69 Å². The van der Waals surface area contributed by atoms with Gasteiger partial charge in [0.05, 0.1) is 11.0 Å². The molecule has 2 aromatic carbocycles. The minimum Gasteiger partial charge on any atom is -0.345 e. The van der Waals surface area contributed by atoms with Crippen LogP contribution in [0, 0.1) is 28.9 Å². The molecule has 0 heterocycles. The van der Waals surface area contributed by atoms with Crippen LogP contribution in [0.25, 0.3) is 0 Å². The van der Waals surface area contributed by atoms with E-state index in [4.69, 9.17) is 0 Å². The molecule has 5 nitrogen and oxygen atoms in total. The molecule has 1 N–H and O–H groups in total. The molecule has 0 aliphatic heterocycles. The Morgan fingerprint density at radius 3 is 2.46 bits per heavy atom. The number of hydrogen-bond donors (Lipinski definition) is 1. The maximum absolute atomic E-state index is 12.7. The van der Waals surface area contributed by atoms with Crippen molar-refractivity contribution in [3.05, 3.63) is 75.3 Å². The summed E-state index contributed by atoms with van der Waals surface area (Å²) in [5.74, 6) is 0.723. The SMILES string of the molecule is Cc1c(C(=O)NC(c2ccccc2)C2CC2C)cccc1[N+](=O)[O-]. The second-order valence-corrected chi connectivity index (χ2v) is 6.45. The fourth-order valence-corrected chi connectivity index (χ4v) is 3.20. The Labute approximate surface area is 140 Å². The Balaban J connectivity index is 1.87. The second-order valence-electron chi connectivity index (χ2n) is 6.45. The minimum absolute atomic E-state index is 0.0290. The Bertz CT molecular complexity index is 773.